The number of piperidine rings is 1. The number of hydrogen-bond donors (Lipinski definition) is 1. The maximum Gasteiger partial charge on any atom is 0.146 e. The summed E-state index contributed by atoms with van der Waals surface area (Å²) < 4.78 is 0. The highest BCUT2D eigenvalue weighted by Gasteiger charge is 2.19. The van der Waals surface area contributed by atoms with Gasteiger partial charge in [0.05, 0.1) is 5.70 Å². The van der Waals surface area contributed by atoms with Gasteiger partial charge in [-0.15, -0.1) is 0 Å². The lowest BCUT2D eigenvalue weighted by atomic mass is 10.00. The summed E-state index contributed by atoms with van der Waals surface area (Å²) in [5.41, 5.74) is 6.69. The highest BCUT2D eigenvalue weighted by Crippen LogP contribution is 2.16. The summed E-state index contributed by atoms with van der Waals surface area (Å²) in [5.74, 6) is 1.71. The fraction of sp³-hybridized carbons (Fsp3) is 0.769. The lowest BCUT2D eigenvalue weighted by Crippen LogP contribution is -2.41. The van der Waals surface area contributed by atoms with Crippen LogP contribution in [0.15, 0.2) is 16.8 Å². The van der Waals surface area contributed by atoms with Crippen molar-refractivity contribution in [2.24, 2.45) is 16.6 Å². The quantitative estimate of drug-likeness (QED) is 0.550. The van der Waals surface area contributed by atoms with E-state index in [1.54, 1.807) is 0 Å². The zero-order valence-corrected chi connectivity index (χ0v) is 11.5. The molecule has 1 fully saturated rings. The van der Waals surface area contributed by atoms with Crippen molar-refractivity contribution in [1.82, 2.24) is 4.90 Å². The maximum atomic E-state index is 5.89. The molecule has 0 bridgehead atoms. The molecule has 2 N–H and O–H groups in total. The van der Waals surface area contributed by atoms with Crippen molar-refractivity contribution in [3.05, 3.63) is 11.8 Å². The minimum absolute atomic E-state index is 0.755. The Kier molecular flexibility index (Phi) is 7.69. The van der Waals surface area contributed by atoms with Crippen molar-refractivity contribution in [1.29, 1.82) is 0 Å². The third-order valence-corrected chi connectivity index (χ3v) is 2.74. The number of rotatable bonds is 1. The monoisotopic (exact) mass is 225 g/mol. The Balaban J connectivity index is 0.00000106. The van der Waals surface area contributed by atoms with Crippen molar-refractivity contribution in [3.63, 3.8) is 0 Å². The minimum atomic E-state index is 0.755. The van der Waals surface area contributed by atoms with Gasteiger partial charge < -0.3 is 10.6 Å². The van der Waals surface area contributed by atoms with Crippen molar-refractivity contribution in [3.8, 4) is 0 Å². The normalized spacial score (nSPS) is 22.6. The fourth-order valence-electron chi connectivity index (χ4n) is 1.96. The summed E-state index contributed by atoms with van der Waals surface area (Å²) in [5, 5.41) is 0. The molecule has 1 aliphatic rings. The predicted molar refractivity (Wildman–Crippen MR) is 72.6 cm³/mol. The highest BCUT2D eigenvalue weighted by atomic mass is 15.2. The summed E-state index contributed by atoms with van der Waals surface area (Å²) in [4.78, 5) is 6.56. The van der Waals surface area contributed by atoms with Crippen LogP contribution in [0, 0.1) is 5.92 Å². The summed E-state index contributed by atoms with van der Waals surface area (Å²) in [6.07, 6.45) is 4.49. The number of nitrogens with zero attached hydrogens (tertiary/aromatic N) is 2. The van der Waals surface area contributed by atoms with Gasteiger partial charge in [0.1, 0.15) is 5.84 Å². The van der Waals surface area contributed by atoms with E-state index in [1.807, 2.05) is 33.9 Å². The third-order valence-electron chi connectivity index (χ3n) is 2.74. The Morgan fingerprint density at radius 1 is 1.44 bits per heavy atom. The van der Waals surface area contributed by atoms with Gasteiger partial charge in [-0.25, -0.2) is 0 Å². The number of aliphatic imine (C=N–C) groups is 1. The van der Waals surface area contributed by atoms with Crippen LogP contribution in [-0.4, -0.2) is 30.9 Å². The Morgan fingerprint density at radius 2 is 2.06 bits per heavy atom. The second-order valence-electron chi connectivity index (χ2n) is 3.98. The molecule has 3 nitrogen and oxygen atoms in total. The second kappa shape index (κ2) is 8.20. The molecule has 3 heteroatoms. The van der Waals surface area contributed by atoms with E-state index in [9.17, 15) is 0 Å². The van der Waals surface area contributed by atoms with Crippen LogP contribution in [0.4, 0.5) is 0 Å². The molecule has 16 heavy (non-hydrogen) atoms. The second-order valence-corrected chi connectivity index (χ2v) is 3.98. The van der Waals surface area contributed by atoms with Crippen LogP contribution in [0.5, 0.6) is 0 Å². The summed E-state index contributed by atoms with van der Waals surface area (Å²) in [6, 6.07) is 0. The zero-order valence-electron chi connectivity index (χ0n) is 11.5. The van der Waals surface area contributed by atoms with Gasteiger partial charge in [-0.1, -0.05) is 26.8 Å². The van der Waals surface area contributed by atoms with Crippen molar-refractivity contribution < 1.29 is 0 Å². The molecule has 0 aromatic rings. The first-order valence-corrected chi connectivity index (χ1v) is 6.33. The van der Waals surface area contributed by atoms with Crippen LogP contribution >= 0.6 is 0 Å². The van der Waals surface area contributed by atoms with Crippen LogP contribution in [-0.2, 0) is 0 Å². The number of amidine groups is 1. The Hall–Kier alpha value is -0.990. The first-order chi connectivity index (χ1) is 7.69. The highest BCUT2D eigenvalue weighted by molar-refractivity contribution is 5.97. The molecule has 1 unspecified atom stereocenters. The van der Waals surface area contributed by atoms with E-state index in [1.165, 1.54) is 12.8 Å². The molecule has 0 amide bonds. The first-order valence-electron chi connectivity index (χ1n) is 6.33. The zero-order chi connectivity index (χ0) is 12.6. The van der Waals surface area contributed by atoms with E-state index in [4.69, 9.17) is 5.73 Å². The van der Waals surface area contributed by atoms with Gasteiger partial charge in [0.25, 0.3) is 0 Å². The summed E-state index contributed by atoms with van der Waals surface area (Å²) in [7, 11) is 1.81. The predicted octanol–water partition coefficient (Wildman–Crippen LogP) is 2.64. The van der Waals surface area contributed by atoms with Gasteiger partial charge in [0, 0.05) is 20.1 Å². The van der Waals surface area contributed by atoms with Crippen molar-refractivity contribution >= 4 is 5.84 Å². The Bertz CT molecular complexity index is 244. The SMILES string of the molecule is C/C=C(/N)C(=NC)N1CCCC(C)C1.CC. The molecular formula is C13H27N3. The van der Waals surface area contributed by atoms with Crippen LogP contribution < -0.4 is 5.73 Å². The summed E-state index contributed by atoms with van der Waals surface area (Å²) >= 11 is 0. The van der Waals surface area contributed by atoms with Gasteiger partial charge in [-0.05, 0) is 25.7 Å². The van der Waals surface area contributed by atoms with Crippen LogP contribution in [0.2, 0.25) is 0 Å². The number of hydrogen-bond acceptors (Lipinski definition) is 2. The van der Waals surface area contributed by atoms with Gasteiger partial charge in [-0.2, -0.15) is 0 Å². The van der Waals surface area contributed by atoms with Crippen molar-refractivity contribution in [2.45, 2.75) is 40.5 Å². The molecule has 0 aromatic heterocycles. The lowest BCUT2D eigenvalue weighted by molar-refractivity contribution is 0.273. The average molecular weight is 225 g/mol. The molecule has 0 spiro atoms. The fourth-order valence-corrected chi connectivity index (χ4v) is 1.96. The molecule has 0 aliphatic carbocycles. The topological polar surface area (TPSA) is 41.6 Å². The number of likely N-dealkylation sites (tertiary alicyclic amines) is 1. The Morgan fingerprint density at radius 3 is 2.50 bits per heavy atom. The van der Waals surface area contributed by atoms with E-state index in [2.05, 4.69) is 16.8 Å². The van der Waals surface area contributed by atoms with E-state index in [0.29, 0.717) is 0 Å². The number of nitrogens with two attached hydrogens (primary N) is 1. The van der Waals surface area contributed by atoms with E-state index in [0.717, 1.165) is 30.5 Å². The van der Waals surface area contributed by atoms with E-state index >= 15 is 0 Å². The van der Waals surface area contributed by atoms with Crippen LogP contribution in [0.1, 0.15) is 40.5 Å². The lowest BCUT2D eigenvalue weighted by Gasteiger charge is -2.33. The van der Waals surface area contributed by atoms with Gasteiger partial charge in [0.2, 0.25) is 0 Å². The molecular weight excluding hydrogens is 198 g/mol. The average Bonchev–Trinajstić information content (AvgIpc) is 2.32. The Labute approximate surface area is 100 Å². The molecule has 1 aliphatic heterocycles. The largest absolute Gasteiger partial charge is 0.396 e. The molecule has 0 radical (unpaired) electrons. The molecule has 0 saturated carbocycles. The van der Waals surface area contributed by atoms with Crippen LogP contribution in [0.3, 0.4) is 0 Å². The maximum absolute atomic E-state index is 5.89. The molecule has 1 heterocycles. The van der Waals surface area contributed by atoms with Crippen LogP contribution in [0.25, 0.3) is 0 Å². The van der Waals surface area contributed by atoms with E-state index in [-0.39, 0.29) is 0 Å². The first kappa shape index (κ1) is 15.0. The number of allylic oxidation sites excluding steroid dienone is 1. The van der Waals surface area contributed by atoms with Gasteiger partial charge in [-0.3, -0.25) is 4.99 Å². The smallest absolute Gasteiger partial charge is 0.146 e. The van der Waals surface area contributed by atoms with Crippen molar-refractivity contribution in [2.75, 3.05) is 20.1 Å². The molecule has 1 rings (SSSR count). The molecule has 1 atom stereocenters. The third kappa shape index (κ3) is 4.25. The van der Waals surface area contributed by atoms with E-state index < -0.39 is 0 Å². The molecule has 0 aromatic carbocycles. The summed E-state index contributed by atoms with van der Waals surface area (Å²) in [6.45, 7) is 10.4. The van der Waals surface area contributed by atoms with Gasteiger partial charge in [0.15, 0.2) is 0 Å². The minimum Gasteiger partial charge on any atom is -0.396 e. The molecule has 1 saturated heterocycles. The van der Waals surface area contributed by atoms with Gasteiger partial charge >= 0.3 is 0 Å². The molecule has 94 valence electrons. The standard InChI is InChI=1S/C11H21N3.C2H6/c1-4-10(12)11(13-3)14-7-5-6-9(2)8-14;1-2/h4,9H,5-8,12H2,1-3H3;1-2H3/b10-4+,13-11?;.